The van der Waals surface area contributed by atoms with Gasteiger partial charge < -0.3 is 15.8 Å². The van der Waals surface area contributed by atoms with Crippen molar-refractivity contribution in [3.8, 4) is 0 Å². The summed E-state index contributed by atoms with van der Waals surface area (Å²) in [5, 5.41) is 8.65. The maximum Gasteiger partial charge on any atom is 0.0682 e. The van der Waals surface area contributed by atoms with Crippen molar-refractivity contribution in [1.82, 2.24) is 4.98 Å². The van der Waals surface area contributed by atoms with Crippen molar-refractivity contribution in [2.45, 2.75) is 13.0 Å². The largest absolute Gasteiger partial charge is 0.394 e. The van der Waals surface area contributed by atoms with E-state index in [4.69, 9.17) is 10.8 Å². The van der Waals surface area contributed by atoms with Crippen LogP contribution < -0.4 is 5.73 Å². The fraction of sp³-hybridized carbons (Fsp3) is 0.429. The third-order valence-electron chi connectivity index (χ3n) is 1.45. The molecule has 3 nitrogen and oxygen atoms in total. The fourth-order valence-corrected chi connectivity index (χ4v) is 0.838. The highest BCUT2D eigenvalue weighted by molar-refractivity contribution is 5.17. The van der Waals surface area contributed by atoms with Crippen molar-refractivity contribution in [3.05, 3.63) is 23.5 Å². The molecule has 0 aliphatic heterocycles. The molecule has 56 valence electrons. The Bertz CT molecular complexity index is 207. The summed E-state index contributed by atoms with van der Waals surface area (Å²) in [5.41, 5.74) is 7.55. The highest BCUT2D eigenvalue weighted by Gasteiger charge is 2.04. The average molecular weight is 140 g/mol. The normalized spacial score (nSPS) is 13.5. The predicted molar refractivity (Wildman–Crippen MR) is 39.5 cm³/mol. The Kier molecular flexibility index (Phi) is 2.09. The van der Waals surface area contributed by atoms with Crippen LogP contribution in [0, 0.1) is 6.92 Å². The van der Waals surface area contributed by atoms with Crippen LogP contribution in [0.1, 0.15) is 17.3 Å². The van der Waals surface area contributed by atoms with Crippen molar-refractivity contribution in [2.24, 2.45) is 5.73 Å². The SMILES string of the molecule is Cc1c[nH]c(C(N)CO)c1. The van der Waals surface area contributed by atoms with Gasteiger partial charge in [0, 0.05) is 11.9 Å². The molecule has 1 heterocycles. The average Bonchev–Trinajstić information content (AvgIpc) is 2.34. The molecule has 1 aromatic rings. The Hall–Kier alpha value is -0.800. The van der Waals surface area contributed by atoms with Gasteiger partial charge in [-0.25, -0.2) is 0 Å². The summed E-state index contributed by atoms with van der Waals surface area (Å²) < 4.78 is 0. The van der Waals surface area contributed by atoms with Crippen molar-refractivity contribution in [1.29, 1.82) is 0 Å². The Morgan fingerprint density at radius 2 is 2.50 bits per heavy atom. The smallest absolute Gasteiger partial charge is 0.0682 e. The maximum atomic E-state index is 8.65. The minimum Gasteiger partial charge on any atom is -0.394 e. The lowest BCUT2D eigenvalue weighted by atomic mass is 10.2. The molecule has 0 amide bonds. The summed E-state index contributed by atoms with van der Waals surface area (Å²) in [4.78, 5) is 2.97. The molecule has 4 N–H and O–H groups in total. The van der Waals surface area contributed by atoms with E-state index < -0.39 is 0 Å². The van der Waals surface area contributed by atoms with Gasteiger partial charge in [-0.15, -0.1) is 0 Å². The van der Waals surface area contributed by atoms with Crippen LogP contribution in [0.2, 0.25) is 0 Å². The van der Waals surface area contributed by atoms with Gasteiger partial charge in [0.2, 0.25) is 0 Å². The second-order valence-electron chi connectivity index (χ2n) is 2.42. The molecule has 0 fully saturated rings. The van der Waals surface area contributed by atoms with E-state index in [0.29, 0.717) is 0 Å². The first kappa shape index (κ1) is 7.31. The van der Waals surface area contributed by atoms with E-state index in [2.05, 4.69) is 4.98 Å². The van der Waals surface area contributed by atoms with Gasteiger partial charge in [-0.05, 0) is 18.6 Å². The lowest BCUT2D eigenvalue weighted by Crippen LogP contribution is -2.14. The monoisotopic (exact) mass is 140 g/mol. The Balaban J connectivity index is 2.74. The molecule has 3 heteroatoms. The minimum atomic E-state index is -0.270. The van der Waals surface area contributed by atoms with Crippen LogP contribution in [0.25, 0.3) is 0 Å². The zero-order valence-corrected chi connectivity index (χ0v) is 5.96. The van der Waals surface area contributed by atoms with Gasteiger partial charge in [-0.3, -0.25) is 0 Å². The van der Waals surface area contributed by atoms with Crippen LogP contribution >= 0.6 is 0 Å². The van der Waals surface area contributed by atoms with Crippen LogP contribution in [0.3, 0.4) is 0 Å². The number of nitrogens with two attached hydrogens (primary N) is 1. The van der Waals surface area contributed by atoms with Crippen LogP contribution in [0.4, 0.5) is 0 Å². The van der Waals surface area contributed by atoms with Gasteiger partial charge in [-0.2, -0.15) is 0 Å². The fourth-order valence-electron chi connectivity index (χ4n) is 0.838. The van der Waals surface area contributed by atoms with Gasteiger partial charge in [0.25, 0.3) is 0 Å². The van der Waals surface area contributed by atoms with Crippen molar-refractivity contribution < 1.29 is 5.11 Å². The molecule has 1 atom stereocenters. The number of nitrogens with one attached hydrogen (secondary N) is 1. The van der Waals surface area contributed by atoms with E-state index in [-0.39, 0.29) is 12.6 Å². The number of aliphatic hydroxyl groups is 1. The zero-order valence-electron chi connectivity index (χ0n) is 5.96. The summed E-state index contributed by atoms with van der Waals surface area (Å²) in [6.45, 7) is 1.96. The summed E-state index contributed by atoms with van der Waals surface area (Å²) in [5.74, 6) is 0. The van der Waals surface area contributed by atoms with E-state index in [0.717, 1.165) is 11.3 Å². The van der Waals surface area contributed by atoms with Crippen LogP contribution in [-0.4, -0.2) is 16.7 Å². The van der Waals surface area contributed by atoms with Crippen LogP contribution in [-0.2, 0) is 0 Å². The number of hydrogen-bond acceptors (Lipinski definition) is 2. The first-order valence-electron chi connectivity index (χ1n) is 3.25. The maximum absolute atomic E-state index is 8.65. The number of aromatic amines is 1. The Labute approximate surface area is 59.9 Å². The van der Waals surface area contributed by atoms with E-state index in [9.17, 15) is 0 Å². The Morgan fingerprint density at radius 1 is 1.80 bits per heavy atom. The molecule has 0 saturated carbocycles. The lowest BCUT2D eigenvalue weighted by molar-refractivity contribution is 0.266. The summed E-state index contributed by atoms with van der Waals surface area (Å²) >= 11 is 0. The number of aliphatic hydroxyl groups excluding tert-OH is 1. The van der Waals surface area contributed by atoms with Gasteiger partial charge in [0.15, 0.2) is 0 Å². The third kappa shape index (κ3) is 1.37. The molecule has 0 bridgehead atoms. The molecule has 0 aliphatic carbocycles. The predicted octanol–water partition coefficient (Wildman–Crippen LogP) is 0.315. The highest BCUT2D eigenvalue weighted by Crippen LogP contribution is 2.08. The van der Waals surface area contributed by atoms with Gasteiger partial charge in [0.05, 0.1) is 12.6 Å². The number of rotatable bonds is 2. The summed E-state index contributed by atoms with van der Waals surface area (Å²) in [6.07, 6.45) is 1.87. The second-order valence-corrected chi connectivity index (χ2v) is 2.42. The molecule has 10 heavy (non-hydrogen) atoms. The molecular weight excluding hydrogens is 128 g/mol. The van der Waals surface area contributed by atoms with Crippen molar-refractivity contribution in [2.75, 3.05) is 6.61 Å². The first-order chi connectivity index (χ1) is 4.74. The minimum absolute atomic E-state index is 0.0139. The van der Waals surface area contributed by atoms with Crippen LogP contribution in [0.15, 0.2) is 12.3 Å². The lowest BCUT2D eigenvalue weighted by Gasteiger charge is -2.03. The van der Waals surface area contributed by atoms with E-state index in [1.807, 2.05) is 19.2 Å². The van der Waals surface area contributed by atoms with Crippen molar-refractivity contribution >= 4 is 0 Å². The molecule has 1 aromatic heterocycles. The van der Waals surface area contributed by atoms with Crippen molar-refractivity contribution in [3.63, 3.8) is 0 Å². The zero-order chi connectivity index (χ0) is 7.56. The topological polar surface area (TPSA) is 62.0 Å². The molecule has 0 radical (unpaired) electrons. The number of aryl methyl sites for hydroxylation is 1. The van der Waals surface area contributed by atoms with Gasteiger partial charge in [0.1, 0.15) is 0 Å². The second kappa shape index (κ2) is 2.86. The molecule has 0 saturated heterocycles. The molecule has 1 unspecified atom stereocenters. The van der Waals surface area contributed by atoms with Crippen LogP contribution in [0.5, 0.6) is 0 Å². The first-order valence-corrected chi connectivity index (χ1v) is 3.25. The highest BCUT2D eigenvalue weighted by atomic mass is 16.3. The Morgan fingerprint density at radius 3 is 2.90 bits per heavy atom. The number of aromatic nitrogens is 1. The number of hydrogen-bond donors (Lipinski definition) is 3. The molecule has 0 aromatic carbocycles. The van der Waals surface area contributed by atoms with E-state index >= 15 is 0 Å². The summed E-state index contributed by atoms with van der Waals surface area (Å²) in [7, 11) is 0. The molecule has 1 rings (SSSR count). The van der Waals surface area contributed by atoms with Gasteiger partial charge in [-0.1, -0.05) is 0 Å². The van der Waals surface area contributed by atoms with E-state index in [1.54, 1.807) is 0 Å². The molecule has 0 aliphatic rings. The van der Waals surface area contributed by atoms with E-state index in [1.165, 1.54) is 0 Å². The third-order valence-corrected chi connectivity index (χ3v) is 1.45. The summed E-state index contributed by atoms with van der Waals surface area (Å²) in [6, 6.07) is 1.66. The quantitative estimate of drug-likeness (QED) is 0.553. The molecular formula is C7H12N2O. The van der Waals surface area contributed by atoms with Gasteiger partial charge >= 0.3 is 0 Å². The standard InChI is InChI=1S/C7H12N2O/c1-5-2-7(9-3-5)6(8)4-10/h2-3,6,9-10H,4,8H2,1H3. The number of H-pyrrole nitrogens is 1. The molecule has 0 spiro atoms.